The molecule has 0 spiro atoms. The fraction of sp³-hybridized carbons (Fsp3) is 0.333. The molecule has 1 saturated heterocycles. The molecule has 1 N–H and O–H groups in total. The van der Waals surface area contributed by atoms with E-state index in [1.54, 1.807) is 10.7 Å². The van der Waals surface area contributed by atoms with Gasteiger partial charge in [0, 0.05) is 6.54 Å². The van der Waals surface area contributed by atoms with Gasteiger partial charge in [-0.3, -0.25) is 10.00 Å². The van der Waals surface area contributed by atoms with Gasteiger partial charge in [0.2, 0.25) is 0 Å². The van der Waals surface area contributed by atoms with Crippen LogP contribution in [0.25, 0.3) is 5.69 Å². The summed E-state index contributed by atoms with van der Waals surface area (Å²) in [6.45, 7) is 1.64. The number of halogens is 2. The van der Waals surface area contributed by atoms with E-state index in [2.05, 4.69) is 30.4 Å². The van der Waals surface area contributed by atoms with Crippen molar-refractivity contribution < 1.29 is 4.39 Å². The van der Waals surface area contributed by atoms with Gasteiger partial charge in [-0.2, -0.15) is 5.10 Å². The summed E-state index contributed by atoms with van der Waals surface area (Å²) in [6, 6.07) is 4.69. The van der Waals surface area contributed by atoms with Gasteiger partial charge in [-0.15, -0.1) is 5.10 Å². The van der Waals surface area contributed by atoms with Crippen LogP contribution in [0.1, 0.15) is 30.4 Å². The van der Waals surface area contributed by atoms with Crippen LogP contribution in [-0.2, 0) is 6.54 Å². The highest BCUT2D eigenvalue weighted by atomic mass is 35.5. The van der Waals surface area contributed by atoms with Gasteiger partial charge >= 0.3 is 0 Å². The van der Waals surface area contributed by atoms with E-state index in [-0.39, 0.29) is 11.1 Å². The minimum atomic E-state index is -0.451. The van der Waals surface area contributed by atoms with Crippen molar-refractivity contribution in [3.63, 3.8) is 0 Å². The highest BCUT2D eigenvalue weighted by Crippen LogP contribution is 2.30. The van der Waals surface area contributed by atoms with Gasteiger partial charge in [0.15, 0.2) is 0 Å². The van der Waals surface area contributed by atoms with Gasteiger partial charge in [-0.05, 0) is 37.6 Å². The average Bonchev–Trinajstić information content (AvgIpc) is 3.31. The Morgan fingerprint density at radius 1 is 1.38 bits per heavy atom. The normalized spacial score (nSPS) is 18.3. The fourth-order valence-corrected chi connectivity index (χ4v) is 3.21. The summed E-state index contributed by atoms with van der Waals surface area (Å²) in [5.41, 5.74) is 1.51. The van der Waals surface area contributed by atoms with Crippen LogP contribution >= 0.6 is 11.6 Å². The van der Waals surface area contributed by atoms with Crippen molar-refractivity contribution in [1.29, 1.82) is 0 Å². The molecule has 3 aromatic rings. The molecule has 1 atom stereocenters. The van der Waals surface area contributed by atoms with E-state index in [4.69, 9.17) is 11.6 Å². The lowest BCUT2D eigenvalue weighted by molar-refractivity contribution is 0.237. The van der Waals surface area contributed by atoms with Crippen LogP contribution in [0, 0.1) is 5.82 Å². The maximum Gasteiger partial charge on any atom is 0.141 e. The van der Waals surface area contributed by atoms with Crippen molar-refractivity contribution >= 4 is 11.6 Å². The zero-order chi connectivity index (χ0) is 16.5. The Bertz CT molecular complexity index is 832. The van der Waals surface area contributed by atoms with Crippen LogP contribution in [-0.4, -0.2) is 41.6 Å². The lowest BCUT2D eigenvalue weighted by atomic mass is 10.2. The zero-order valence-corrected chi connectivity index (χ0v) is 13.5. The van der Waals surface area contributed by atoms with Crippen LogP contribution in [0.4, 0.5) is 4.39 Å². The van der Waals surface area contributed by atoms with Gasteiger partial charge in [-0.1, -0.05) is 16.8 Å². The molecule has 24 heavy (non-hydrogen) atoms. The Hall–Kier alpha value is -2.32. The number of hydrogen-bond donors (Lipinski definition) is 1. The molecule has 1 aliphatic heterocycles. The topological polar surface area (TPSA) is 75.5 Å². The maximum absolute atomic E-state index is 13.3. The molecule has 1 aromatic carbocycles. The third-order valence-corrected chi connectivity index (χ3v) is 4.48. The van der Waals surface area contributed by atoms with E-state index < -0.39 is 5.82 Å². The van der Waals surface area contributed by atoms with E-state index in [1.807, 2.05) is 6.20 Å². The van der Waals surface area contributed by atoms with E-state index in [0.717, 1.165) is 30.9 Å². The van der Waals surface area contributed by atoms with Crippen molar-refractivity contribution in [3.8, 4) is 5.69 Å². The molecule has 1 fully saturated rings. The average molecular weight is 348 g/mol. The fourth-order valence-electron chi connectivity index (χ4n) is 3.03. The summed E-state index contributed by atoms with van der Waals surface area (Å²) in [7, 11) is 0. The molecule has 0 radical (unpaired) electrons. The Morgan fingerprint density at radius 2 is 2.29 bits per heavy atom. The quantitative estimate of drug-likeness (QED) is 0.784. The van der Waals surface area contributed by atoms with Crippen molar-refractivity contribution in [2.45, 2.75) is 25.4 Å². The van der Waals surface area contributed by atoms with Gasteiger partial charge in [0.1, 0.15) is 18.0 Å². The molecule has 0 bridgehead atoms. The SMILES string of the molecule is Fc1ccc(-n2cc(CN3CCC[C@H]3c3ncn[nH]3)nn2)cc1Cl. The van der Waals surface area contributed by atoms with Crippen LogP contribution in [0.3, 0.4) is 0 Å². The maximum atomic E-state index is 13.3. The first kappa shape index (κ1) is 15.2. The first-order valence-corrected chi connectivity index (χ1v) is 8.04. The molecule has 0 saturated carbocycles. The van der Waals surface area contributed by atoms with Gasteiger partial charge in [0.25, 0.3) is 0 Å². The summed E-state index contributed by atoms with van der Waals surface area (Å²) < 4.78 is 14.9. The molecule has 124 valence electrons. The number of nitrogens with zero attached hydrogens (tertiary/aromatic N) is 6. The van der Waals surface area contributed by atoms with Gasteiger partial charge < -0.3 is 0 Å². The molecular weight excluding hydrogens is 333 g/mol. The lowest BCUT2D eigenvalue weighted by Crippen LogP contribution is -2.23. The minimum Gasteiger partial charge on any atom is -0.287 e. The first-order valence-electron chi connectivity index (χ1n) is 7.66. The van der Waals surface area contributed by atoms with E-state index in [1.165, 1.54) is 18.5 Å². The van der Waals surface area contributed by atoms with Crippen molar-refractivity contribution in [1.82, 2.24) is 35.1 Å². The van der Waals surface area contributed by atoms with E-state index >= 15 is 0 Å². The molecule has 1 aliphatic rings. The van der Waals surface area contributed by atoms with E-state index in [9.17, 15) is 4.39 Å². The molecule has 7 nitrogen and oxygen atoms in total. The molecule has 2 aromatic heterocycles. The minimum absolute atomic E-state index is 0.0643. The Morgan fingerprint density at radius 3 is 3.08 bits per heavy atom. The second kappa shape index (κ2) is 6.29. The summed E-state index contributed by atoms with van der Waals surface area (Å²) >= 11 is 5.82. The van der Waals surface area contributed by atoms with Crippen LogP contribution in [0.2, 0.25) is 5.02 Å². The number of nitrogens with one attached hydrogen (secondary N) is 1. The highest BCUT2D eigenvalue weighted by molar-refractivity contribution is 6.30. The number of aromatic amines is 1. The van der Waals surface area contributed by atoms with Gasteiger partial charge in [0.05, 0.1) is 28.6 Å². The number of H-pyrrole nitrogens is 1. The third-order valence-electron chi connectivity index (χ3n) is 4.19. The van der Waals surface area contributed by atoms with Crippen molar-refractivity contribution in [3.05, 3.63) is 53.1 Å². The van der Waals surface area contributed by atoms with Crippen LogP contribution < -0.4 is 0 Å². The molecule has 0 aliphatic carbocycles. The largest absolute Gasteiger partial charge is 0.287 e. The Kier molecular flexibility index (Phi) is 3.99. The number of benzene rings is 1. The third kappa shape index (κ3) is 2.90. The van der Waals surface area contributed by atoms with Gasteiger partial charge in [-0.25, -0.2) is 14.1 Å². The summed E-state index contributed by atoms with van der Waals surface area (Å²) in [5.74, 6) is 0.429. The summed E-state index contributed by atoms with van der Waals surface area (Å²) in [5, 5.41) is 15.3. The molecular formula is C15H15ClFN7. The smallest absolute Gasteiger partial charge is 0.141 e. The molecule has 9 heteroatoms. The van der Waals surface area contributed by atoms with Crippen LogP contribution in [0.5, 0.6) is 0 Å². The number of hydrogen-bond acceptors (Lipinski definition) is 5. The zero-order valence-electron chi connectivity index (χ0n) is 12.7. The second-order valence-electron chi connectivity index (χ2n) is 5.75. The lowest BCUT2D eigenvalue weighted by Gasteiger charge is -2.20. The summed E-state index contributed by atoms with van der Waals surface area (Å²) in [6.07, 6.45) is 5.50. The summed E-state index contributed by atoms with van der Waals surface area (Å²) in [4.78, 5) is 6.56. The predicted molar refractivity (Wildman–Crippen MR) is 85.1 cm³/mol. The van der Waals surface area contributed by atoms with Crippen molar-refractivity contribution in [2.24, 2.45) is 0 Å². The Labute approximate surface area is 142 Å². The molecule has 3 heterocycles. The molecule has 0 amide bonds. The van der Waals surface area contributed by atoms with Crippen LogP contribution in [0.15, 0.2) is 30.7 Å². The van der Waals surface area contributed by atoms with Crippen molar-refractivity contribution in [2.75, 3.05) is 6.54 Å². The highest BCUT2D eigenvalue weighted by Gasteiger charge is 2.28. The molecule has 0 unspecified atom stereocenters. The first-order chi connectivity index (χ1) is 11.7. The predicted octanol–water partition coefficient (Wildman–Crippen LogP) is 2.51. The number of aromatic nitrogens is 6. The number of rotatable bonds is 4. The monoisotopic (exact) mass is 347 g/mol. The standard InChI is InChI=1S/C15H15ClFN7/c16-12-6-11(3-4-13(12)17)24-8-10(20-22-24)7-23-5-1-2-14(23)15-18-9-19-21-15/h3-4,6,8-9,14H,1-2,5,7H2,(H,18,19,21)/t14-/m0/s1. The number of likely N-dealkylation sites (tertiary alicyclic amines) is 1. The van der Waals surface area contributed by atoms with E-state index in [0.29, 0.717) is 12.2 Å². The molecule has 4 rings (SSSR count). The Balaban J connectivity index is 1.51. The second-order valence-corrected chi connectivity index (χ2v) is 6.16.